The first-order valence-electron chi connectivity index (χ1n) is 4.73. The predicted octanol–water partition coefficient (Wildman–Crippen LogP) is 3.62. The van der Waals surface area contributed by atoms with E-state index in [4.69, 9.17) is 4.74 Å². The molecule has 1 aromatic carbocycles. The van der Waals surface area contributed by atoms with Crippen LogP contribution in [0.15, 0.2) is 22.7 Å². The fourth-order valence-corrected chi connectivity index (χ4v) is 2.21. The van der Waals surface area contributed by atoms with Gasteiger partial charge in [-0.2, -0.15) is 0 Å². The van der Waals surface area contributed by atoms with E-state index >= 15 is 0 Å². The predicted molar refractivity (Wildman–Crippen MR) is 65.5 cm³/mol. The Morgan fingerprint density at radius 2 is 1.93 bits per heavy atom. The van der Waals surface area contributed by atoms with Crippen LogP contribution in [0.2, 0.25) is 0 Å². The van der Waals surface area contributed by atoms with E-state index in [0.29, 0.717) is 0 Å². The third-order valence-electron chi connectivity index (χ3n) is 2.42. The van der Waals surface area contributed by atoms with Gasteiger partial charge in [-0.3, -0.25) is 4.98 Å². The van der Waals surface area contributed by atoms with E-state index in [1.54, 1.807) is 7.11 Å². The van der Waals surface area contributed by atoms with Crippen LogP contribution in [-0.4, -0.2) is 12.1 Å². The lowest BCUT2D eigenvalue weighted by molar-refractivity contribution is 0.413. The summed E-state index contributed by atoms with van der Waals surface area (Å²) in [5.41, 5.74) is 3.26. The fourth-order valence-electron chi connectivity index (χ4n) is 1.72. The number of rotatable bonds is 1. The van der Waals surface area contributed by atoms with Crippen molar-refractivity contribution < 1.29 is 4.74 Å². The molecule has 0 spiro atoms. The second-order valence-electron chi connectivity index (χ2n) is 3.58. The molecule has 0 bridgehead atoms. The maximum absolute atomic E-state index is 5.26. The summed E-state index contributed by atoms with van der Waals surface area (Å²) in [6.07, 6.45) is 0. The second-order valence-corrected chi connectivity index (χ2v) is 4.44. The minimum atomic E-state index is 0.844. The Morgan fingerprint density at radius 1 is 1.20 bits per heavy atom. The van der Waals surface area contributed by atoms with Crippen molar-refractivity contribution in [2.24, 2.45) is 0 Å². The Morgan fingerprint density at radius 3 is 2.60 bits per heavy atom. The molecule has 2 aromatic rings. The molecule has 0 atom stereocenters. The molecule has 15 heavy (non-hydrogen) atoms. The molecule has 0 aliphatic rings. The minimum absolute atomic E-state index is 0.844. The summed E-state index contributed by atoms with van der Waals surface area (Å²) in [5.74, 6) is 0.844. The zero-order valence-electron chi connectivity index (χ0n) is 8.97. The zero-order valence-corrected chi connectivity index (χ0v) is 10.6. The molecule has 0 N–H and O–H groups in total. The van der Waals surface area contributed by atoms with Crippen molar-refractivity contribution >= 4 is 26.8 Å². The number of hydrogen-bond donors (Lipinski definition) is 0. The molecule has 0 radical (unpaired) electrons. The smallest absolute Gasteiger partial charge is 0.133 e. The monoisotopic (exact) mass is 265 g/mol. The molecule has 0 amide bonds. The van der Waals surface area contributed by atoms with Gasteiger partial charge in [0.05, 0.1) is 17.1 Å². The third kappa shape index (κ3) is 1.84. The van der Waals surface area contributed by atoms with Crippen molar-refractivity contribution in [3.05, 3.63) is 33.9 Å². The van der Waals surface area contributed by atoms with Crippen LogP contribution >= 0.6 is 15.9 Å². The molecule has 0 fully saturated rings. The quantitative estimate of drug-likeness (QED) is 0.786. The van der Waals surface area contributed by atoms with Crippen molar-refractivity contribution in [2.75, 3.05) is 7.11 Å². The number of nitrogens with zero attached hydrogens (tertiary/aromatic N) is 1. The lowest BCUT2D eigenvalue weighted by Crippen LogP contribution is -1.90. The highest BCUT2D eigenvalue weighted by Gasteiger charge is 2.06. The van der Waals surface area contributed by atoms with E-state index in [1.807, 2.05) is 19.1 Å². The van der Waals surface area contributed by atoms with E-state index in [1.165, 1.54) is 5.56 Å². The molecule has 3 heteroatoms. The maximum Gasteiger partial charge on any atom is 0.133 e. The van der Waals surface area contributed by atoms with Crippen LogP contribution < -0.4 is 4.74 Å². The van der Waals surface area contributed by atoms with Crippen molar-refractivity contribution in [3.63, 3.8) is 0 Å². The van der Waals surface area contributed by atoms with Crippen molar-refractivity contribution in [1.29, 1.82) is 0 Å². The molecule has 1 heterocycles. The molecular formula is C12H12BrNO. The number of aryl methyl sites for hydroxylation is 2. The van der Waals surface area contributed by atoms with Crippen LogP contribution in [0.4, 0.5) is 0 Å². The van der Waals surface area contributed by atoms with Crippen LogP contribution in [0.5, 0.6) is 5.75 Å². The molecule has 0 aliphatic carbocycles. The number of ether oxygens (including phenoxy) is 1. The summed E-state index contributed by atoms with van der Waals surface area (Å²) in [5, 5.41) is 1.14. The summed E-state index contributed by atoms with van der Waals surface area (Å²) in [6, 6.07) is 6.09. The summed E-state index contributed by atoms with van der Waals surface area (Å²) >= 11 is 3.46. The zero-order chi connectivity index (χ0) is 11.0. The van der Waals surface area contributed by atoms with E-state index in [-0.39, 0.29) is 0 Å². The van der Waals surface area contributed by atoms with Crippen LogP contribution in [0.3, 0.4) is 0 Å². The molecule has 0 aliphatic heterocycles. The lowest BCUT2D eigenvalue weighted by atomic mass is 10.1. The molecule has 0 saturated carbocycles. The van der Waals surface area contributed by atoms with Gasteiger partial charge in [-0.05, 0) is 53.5 Å². The SMILES string of the molecule is COc1cc2c(C)cc(C)nc2cc1Br. The summed E-state index contributed by atoms with van der Waals surface area (Å²) in [4.78, 5) is 4.49. The number of methoxy groups -OCH3 is 1. The van der Waals surface area contributed by atoms with Gasteiger partial charge in [-0.25, -0.2) is 0 Å². The lowest BCUT2D eigenvalue weighted by Gasteiger charge is -2.08. The van der Waals surface area contributed by atoms with Gasteiger partial charge in [0.15, 0.2) is 0 Å². The summed E-state index contributed by atoms with van der Waals surface area (Å²) < 4.78 is 6.20. The highest BCUT2D eigenvalue weighted by molar-refractivity contribution is 9.10. The fraction of sp³-hybridized carbons (Fsp3) is 0.250. The van der Waals surface area contributed by atoms with Gasteiger partial charge in [0.25, 0.3) is 0 Å². The number of halogens is 1. The standard InChI is InChI=1S/C12H12BrNO/c1-7-4-8(2)14-11-6-10(13)12(15-3)5-9(7)11/h4-6H,1-3H3. The van der Waals surface area contributed by atoms with E-state index in [0.717, 1.165) is 26.8 Å². The molecule has 78 valence electrons. The normalized spacial score (nSPS) is 10.7. The van der Waals surface area contributed by atoms with Crippen molar-refractivity contribution in [3.8, 4) is 5.75 Å². The first-order chi connectivity index (χ1) is 7.11. The first-order valence-corrected chi connectivity index (χ1v) is 5.52. The van der Waals surface area contributed by atoms with E-state index in [9.17, 15) is 0 Å². The largest absolute Gasteiger partial charge is 0.496 e. The molecule has 0 saturated heterocycles. The summed E-state index contributed by atoms with van der Waals surface area (Å²) in [6.45, 7) is 4.09. The Balaban J connectivity index is 2.81. The number of aromatic nitrogens is 1. The first kappa shape index (κ1) is 10.4. The van der Waals surface area contributed by atoms with Gasteiger partial charge < -0.3 is 4.74 Å². The maximum atomic E-state index is 5.26. The summed E-state index contributed by atoms with van der Waals surface area (Å²) in [7, 11) is 1.67. The Bertz CT molecular complexity index is 523. The molecule has 2 nitrogen and oxygen atoms in total. The van der Waals surface area contributed by atoms with Crippen LogP contribution in [-0.2, 0) is 0 Å². The average Bonchev–Trinajstić information content (AvgIpc) is 2.16. The number of pyridine rings is 1. The Kier molecular flexibility index (Phi) is 2.65. The van der Waals surface area contributed by atoms with Gasteiger partial charge in [-0.1, -0.05) is 0 Å². The average molecular weight is 266 g/mol. The van der Waals surface area contributed by atoms with E-state index in [2.05, 4.69) is 33.9 Å². The van der Waals surface area contributed by atoms with Crippen LogP contribution in [0.25, 0.3) is 10.9 Å². The van der Waals surface area contributed by atoms with E-state index < -0.39 is 0 Å². The van der Waals surface area contributed by atoms with Crippen LogP contribution in [0, 0.1) is 13.8 Å². The topological polar surface area (TPSA) is 22.1 Å². The molecule has 0 unspecified atom stereocenters. The second kappa shape index (κ2) is 3.81. The molecular weight excluding hydrogens is 254 g/mol. The number of benzene rings is 1. The third-order valence-corrected chi connectivity index (χ3v) is 3.04. The Hall–Kier alpha value is -1.09. The highest BCUT2D eigenvalue weighted by atomic mass is 79.9. The minimum Gasteiger partial charge on any atom is -0.496 e. The van der Waals surface area contributed by atoms with Gasteiger partial charge >= 0.3 is 0 Å². The Labute approximate surface area is 97.4 Å². The van der Waals surface area contributed by atoms with Crippen LogP contribution in [0.1, 0.15) is 11.3 Å². The van der Waals surface area contributed by atoms with Gasteiger partial charge in [0.2, 0.25) is 0 Å². The van der Waals surface area contributed by atoms with Crippen molar-refractivity contribution in [1.82, 2.24) is 4.98 Å². The molecule has 2 rings (SSSR count). The van der Waals surface area contributed by atoms with Gasteiger partial charge in [0.1, 0.15) is 5.75 Å². The molecule has 1 aromatic heterocycles. The van der Waals surface area contributed by atoms with Gasteiger partial charge in [0, 0.05) is 11.1 Å². The van der Waals surface area contributed by atoms with Gasteiger partial charge in [-0.15, -0.1) is 0 Å². The number of hydrogen-bond acceptors (Lipinski definition) is 2. The number of fused-ring (bicyclic) bond motifs is 1. The highest BCUT2D eigenvalue weighted by Crippen LogP contribution is 2.30. The van der Waals surface area contributed by atoms with Crippen molar-refractivity contribution in [2.45, 2.75) is 13.8 Å².